The topological polar surface area (TPSA) is 45.1 Å². The lowest BCUT2D eigenvalue weighted by atomic mass is 10.2. The number of benzene rings is 1. The zero-order valence-corrected chi connectivity index (χ0v) is 11.2. The van der Waals surface area contributed by atoms with E-state index < -0.39 is 6.09 Å². The maximum Gasteiger partial charge on any atom is 0.429 e. The maximum atomic E-state index is 11.6. The lowest BCUT2D eigenvalue weighted by Gasteiger charge is -2.23. The standard InChI is InChI=1S/C12H15N3O2S/c1-3-17-12(16)14(2)15-9-18-11(13-15)10-7-5-4-6-8-10/h4-8H,3,9H2,1-2H3. The van der Waals surface area contributed by atoms with Crippen LogP contribution in [0, 0.1) is 0 Å². The summed E-state index contributed by atoms with van der Waals surface area (Å²) < 4.78 is 4.92. The molecule has 0 N–H and O–H groups in total. The van der Waals surface area contributed by atoms with Crippen LogP contribution in [0.3, 0.4) is 0 Å². The van der Waals surface area contributed by atoms with Crippen LogP contribution in [0.25, 0.3) is 0 Å². The average molecular weight is 265 g/mol. The van der Waals surface area contributed by atoms with E-state index >= 15 is 0 Å². The number of hydrogen-bond donors (Lipinski definition) is 0. The molecule has 0 fully saturated rings. The van der Waals surface area contributed by atoms with Crippen molar-refractivity contribution in [3.05, 3.63) is 35.9 Å². The smallest absolute Gasteiger partial charge is 0.429 e. The SMILES string of the molecule is CCOC(=O)N(C)N1CSC(c2ccccc2)=N1. The van der Waals surface area contributed by atoms with E-state index in [1.54, 1.807) is 30.9 Å². The van der Waals surface area contributed by atoms with E-state index in [0.29, 0.717) is 12.5 Å². The molecule has 1 aromatic carbocycles. The monoisotopic (exact) mass is 265 g/mol. The van der Waals surface area contributed by atoms with Crippen LogP contribution in [0.1, 0.15) is 12.5 Å². The summed E-state index contributed by atoms with van der Waals surface area (Å²) in [4.78, 5) is 11.6. The number of nitrogens with zero attached hydrogens (tertiary/aromatic N) is 3. The van der Waals surface area contributed by atoms with E-state index in [-0.39, 0.29) is 0 Å². The molecule has 0 atom stereocenters. The first kappa shape index (κ1) is 12.8. The van der Waals surface area contributed by atoms with Gasteiger partial charge in [0.05, 0.1) is 6.61 Å². The van der Waals surface area contributed by atoms with Crippen molar-refractivity contribution < 1.29 is 9.53 Å². The van der Waals surface area contributed by atoms with E-state index in [9.17, 15) is 4.79 Å². The molecule has 0 unspecified atom stereocenters. The number of rotatable bonds is 3. The van der Waals surface area contributed by atoms with Crippen molar-refractivity contribution in [3.63, 3.8) is 0 Å². The van der Waals surface area contributed by atoms with Crippen LogP contribution in [0.2, 0.25) is 0 Å². The van der Waals surface area contributed by atoms with Gasteiger partial charge in [-0.2, -0.15) is 5.12 Å². The quantitative estimate of drug-likeness (QED) is 0.841. The Hall–Kier alpha value is -1.69. The Kier molecular flexibility index (Phi) is 4.09. The summed E-state index contributed by atoms with van der Waals surface area (Å²) in [5, 5.41) is 8.29. The summed E-state index contributed by atoms with van der Waals surface area (Å²) in [5.74, 6) is 0.611. The predicted molar refractivity (Wildman–Crippen MR) is 72.1 cm³/mol. The van der Waals surface area contributed by atoms with E-state index in [1.165, 1.54) is 5.01 Å². The average Bonchev–Trinajstić information content (AvgIpc) is 2.89. The van der Waals surface area contributed by atoms with Crippen LogP contribution in [0.4, 0.5) is 4.79 Å². The largest absolute Gasteiger partial charge is 0.448 e. The number of hydrogen-bond acceptors (Lipinski definition) is 5. The molecule has 1 aromatic rings. The molecule has 2 rings (SSSR count). The number of carbonyl (C=O) groups is 1. The lowest BCUT2D eigenvalue weighted by Crippen LogP contribution is -2.39. The summed E-state index contributed by atoms with van der Waals surface area (Å²) >= 11 is 1.59. The molecule has 0 bridgehead atoms. The van der Waals surface area contributed by atoms with Gasteiger partial charge in [0.25, 0.3) is 0 Å². The molecule has 0 radical (unpaired) electrons. The zero-order valence-electron chi connectivity index (χ0n) is 10.4. The van der Waals surface area contributed by atoms with Crippen LogP contribution in [-0.2, 0) is 4.74 Å². The summed E-state index contributed by atoms with van der Waals surface area (Å²) in [6.07, 6.45) is -0.392. The van der Waals surface area contributed by atoms with E-state index in [1.807, 2.05) is 30.3 Å². The minimum Gasteiger partial charge on any atom is -0.448 e. The highest BCUT2D eigenvalue weighted by molar-refractivity contribution is 8.14. The Morgan fingerprint density at radius 2 is 2.22 bits per heavy atom. The Morgan fingerprint density at radius 3 is 2.89 bits per heavy atom. The first-order valence-electron chi connectivity index (χ1n) is 5.67. The molecule has 1 aliphatic rings. The van der Waals surface area contributed by atoms with Crippen molar-refractivity contribution in [2.24, 2.45) is 5.10 Å². The van der Waals surface area contributed by atoms with Gasteiger partial charge in [-0.3, -0.25) is 0 Å². The molecule has 0 spiro atoms. The summed E-state index contributed by atoms with van der Waals surface area (Å²) in [7, 11) is 1.65. The van der Waals surface area contributed by atoms with E-state index in [2.05, 4.69) is 5.10 Å². The second-order valence-electron chi connectivity index (χ2n) is 3.64. The Balaban J connectivity index is 2.06. The predicted octanol–water partition coefficient (Wildman–Crippen LogP) is 2.36. The fraction of sp³-hybridized carbons (Fsp3) is 0.333. The zero-order chi connectivity index (χ0) is 13.0. The Morgan fingerprint density at radius 1 is 1.50 bits per heavy atom. The third-order valence-corrected chi connectivity index (χ3v) is 3.37. The van der Waals surface area contributed by atoms with E-state index in [0.717, 1.165) is 10.6 Å². The van der Waals surface area contributed by atoms with Crippen molar-refractivity contribution in [3.8, 4) is 0 Å². The Bertz CT molecular complexity index is 450. The lowest BCUT2D eigenvalue weighted by molar-refractivity contribution is 0.0148. The van der Waals surface area contributed by atoms with Gasteiger partial charge in [0.2, 0.25) is 0 Å². The molecule has 6 heteroatoms. The van der Waals surface area contributed by atoms with Gasteiger partial charge in [0.15, 0.2) is 0 Å². The minimum absolute atomic E-state index is 0.361. The van der Waals surface area contributed by atoms with Crippen molar-refractivity contribution in [2.75, 3.05) is 19.5 Å². The second kappa shape index (κ2) is 5.77. The van der Waals surface area contributed by atoms with Gasteiger partial charge < -0.3 is 4.74 Å². The number of hydrazine groups is 1. The molecular formula is C12H15N3O2S. The number of amides is 1. The first-order valence-corrected chi connectivity index (χ1v) is 6.65. The normalized spacial score (nSPS) is 14.3. The van der Waals surface area contributed by atoms with Gasteiger partial charge in [-0.15, -0.1) is 5.10 Å². The van der Waals surface area contributed by atoms with Gasteiger partial charge >= 0.3 is 6.09 Å². The van der Waals surface area contributed by atoms with Gasteiger partial charge in [-0.1, -0.05) is 42.1 Å². The Labute approximate surface area is 110 Å². The second-order valence-corrected chi connectivity index (χ2v) is 4.57. The molecular weight excluding hydrogens is 250 g/mol. The third kappa shape index (κ3) is 2.76. The molecule has 1 amide bonds. The highest BCUT2D eigenvalue weighted by Gasteiger charge is 2.23. The third-order valence-electron chi connectivity index (χ3n) is 2.42. The van der Waals surface area contributed by atoms with Crippen molar-refractivity contribution in [2.45, 2.75) is 6.92 Å². The molecule has 5 nitrogen and oxygen atoms in total. The van der Waals surface area contributed by atoms with Crippen molar-refractivity contribution in [1.82, 2.24) is 10.1 Å². The minimum atomic E-state index is -0.392. The highest BCUT2D eigenvalue weighted by atomic mass is 32.2. The highest BCUT2D eigenvalue weighted by Crippen LogP contribution is 2.23. The summed E-state index contributed by atoms with van der Waals surface area (Å²) in [5.41, 5.74) is 1.06. The summed E-state index contributed by atoms with van der Waals surface area (Å²) in [6, 6.07) is 9.90. The van der Waals surface area contributed by atoms with Gasteiger partial charge in [0, 0.05) is 12.6 Å². The van der Waals surface area contributed by atoms with E-state index in [4.69, 9.17) is 4.74 Å². The molecule has 1 aliphatic heterocycles. The fourth-order valence-electron chi connectivity index (χ4n) is 1.47. The molecule has 0 saturated heterocycles. The summed E-state index contributed by atoms with van der Waals surface area (Å²) in [6.45, 7) is 2.14. The molecule has 0 aromatic heterocycles. The van der Waals surface area contributed by atoms with Crippen LogP contribution in [0.5, 0.6) is 0 Å². The first-order chi connectivity index (χ1) is 8.72. The fourth-order valence-corrected chi connectivity index (χ4v) is 2.39. The van der Waals surface area contributed by atoms with Gasteiger partial charge in [-0.05, 0) is 6.92 Å². The van der Waals surface area contributed by atoms with Crippen molar-refractivity contribution >= 4 is 22.9 Å². The number of ether oxygens (including phenoxy) is 1. The van der Waals surface area contributed by atoms with Crippen molar-refractivity contribution in [1.29, 1.82) is 0 Å². The molecule has 96 valence electrons. The van der Waals surface area contributed by atoms with Crippen LogP contribution in [0.15, 0.2) is 35.4 Å². The molecule has 1 heterocycles. The molecule has 0 aliphatic carbocycles. The van der Waals surface area contributed by atoms with Crippen LogP contribution >= 0.6 is 11.8 Å². The molecule has 18 heavy (non-hydrogen) atoms. The number of thioether (sulfide) groups is 1. The van der Waals surface area contributed by atoms with Crippen LogP contribution < -0.4 is 0 Å². The van der Waals surface area contributed by atoms with Gasteiger partial charge in [-0.25, -0.2) is 9.80 Å². The van der Waals surface area contributed by atoms with Gasteiger partial charge in [0.1, 0.15) is 10.9 Å². The van der Waals surface area contributed by atoms with Crippen LogP contribution in [-0.4, -0.2) is 40.8 Å². The number of carbonyl (C=O) groups excluding carboxylic acids is 1. The maximum absolute atomic E-state index is 11.6. The molecule has 0 saturated carbocycles. The number of hydrazone groups is 1.